The lowest BCUT2D eigenvalue weighted by Crippen LogP contribution is -2.04. The topological polar surface area (TPSA) is 24.9 Å². The Bertz CT molecular complexity index is 477. The predicted octanol–water partition coefficient (Wildman–Crippen LogP) is 3.89. The number of rotatable bonds is 5. The maximum atomic E-state index is 4.20. The van der Waals surface area contributed by atoms with Gasteiger partial charge in [-0.15, -0.1) is 0 Å². The molecule has 0 radical (unpaired) electrons. The fourth-order valence-electron chi connectivity index (χ4n) is 1.99. The van der Waals surface area contributed by atoms with E-state index in [1.807, 2.05) is 18.5 Å². The molecule has 94 valence electrons. The Morgan fingerprint density at radius 1 is 1.11 bits per heavy atom. The molecule has 0 atom stereocenters. The summed E-state index contributed by atoms with van der Waals surface area (Å²) in [6.07, 6.45) is 4.87. The maximum absolute atomic E-state index is 4.20. The van der Waals surface area contributed by atoms with Crippen LogP contribution in [0.2, 0.25) is 0 Å². The Balaban J connectivity index is 2.05. The molecule has 0 unspecified atom stereocenters. The van der Waals surface area contributed by atoms with Gasteiger partial charge < -0.3 is 5.32 Å². The minimum absolute atomic E-state index is 0.657. The Labute approximate surface area is 109 Å². The van der Waals surface area contributed by atoms with E-state index in [1.165, 1.54) is 11.1 Å². The van der Waals surface area contributed by atoms with Crippen LogP contribution >= 0.6 is 0 Å². The van der Waals surface area contributed by atoms with E-state index in [0.717, 1.165) is 18.7 Å². The average molecular weight is 240 g/mol. The highest BCUT2D eigenvalue weighted by molar-refractivity contribution is 5.49. The molecule has 2 aromatic rings. The second-order valence-corrected chi connectivity index (χ2v) is 4.97. The van der Waals surface area contributed by atoms with Crippen LogP contribution in [0.5, 0.6) is 0 Å². The van der Waals surface area contributed by atoms with Gasteiger partial charge in [-0.1, -0.05) is 44.2 Å². The van der Waals surface area contributed by atoms with E-state index in [0.29, 0.717) is 5.92 Å². The first-order valence-corrected chi connectivity index (χ1v) is 6.46. The Hall–Kier alpha value is -1.83. The fourth-order valence-corrected chi connectivity index (χ4v) is 1.99. The van der Waals surface area contributed by atoms with Crippen LogP contribution < -0.4 is 5.32 Å². The lowest BCUT2D eigenvalue weighted by atomic mass is 10.0. The van der Waals surface area contributed by atoms with Gasteiger partial charge in [-0.2, -0.15) is 0 Å². The molecular weight excluding hydrogens is 220 g/mol. The third kappa shape index (κ3) is 3.59. The quantitative estimate of drug-likeness (QED) is 0.857. The van der Waals surface area contributed by atoms with Crippen molar-refractivity contribution in [3.8, 4) is 0 Å². The molecule has 0 bridgehead atoms. The second-order valence-electron chi connectivity index (χ2n) is 4.97. The van der Waals surface area contributed by atoms with Crippen LogP contribution in [0.1, 0.15) is 25.0 Å². The normalized spacial score (nSPS) is 10.6. The van der Waals surface area contributed by atoms with Gasteiger partial charge in [0, 0.05) is 12.7 Å². The number of hydrogen-bond donors (Lipinski definition) is 1. The first-order valence-electron chi connectivity index (χ1n) is 6.46. The van der Waals surface area contributed by atoms with Crippen molar-refractivity contribution in [2.75, 3.05) is 5.32 Å². The van der Waals surface area contributed by atoms with Gasteiger partial charge in [-0.05, 0) is 29.5 Å². The second kappa shape index (κ2) is 6.20. The highest BCUT2D eigenvalue weighted by Gasteiger charge is 2.04. The molecule has 2 nitrogen and oxygen atoms in total. The molecule has 2 heteroatoms. The van der Waals surface area contributed by atoms with Gasteiger partial charge >= 0.3 is 0 Å². The number of benzene rings is 1. The Kier molecular flexibility index (Phi) is 4.35. The van der Waals surface area contributed by atoms with Crippen molar-refractivity contribution < 1.29 is 0 Å². The maximum Gasteiger partial charge on any atom is 0.0562 e. The van der Waals surface area contributed by atoms with Crippen molar-refractivity contribution in [1.29, 1.82) is 0 Å². The molecule has 0 spiro atoms. The molecule has 1 N–H and O–H groups in total. The molecule has 0 aliphatic carbocycles. The third-order valence-electron chi connectivity index (χ3n) is 2.87. The van der Waals surface area contributed by atoms with E-state index in [9.17, 15) is 0 Å². The van der Waals surface area contributed by atoms with E-state index in [1.54, 1.807) is 0 Å². The summed E-state index contributed by atoms with van der Waals surface area (Å²) in [5.41, 5.74) is 3.78. The van der Waals surface area contributed by atoms with Crippen LogP contribution in [0.3, 0.4) is 0 Å². The van der Waals surface area contributed by atoms with E-state index in [4.69, 9.17) is 0 Å². The summed E-state index contributed by atoms with van der Waals surface area (Å²) in [6, 6.07) is 12.5. The molecular formula is C16H20N2. The summed E-state index contributed by atoms with van der Waals surface area (Å²) in [7, 11) is 0. The van der Waals surface area contributed by atoms with Crippen molar-refractivity contribution in [3.05, 3.63) is 59.9 Å². The molecule has 0 aliphatic heterocycles. The molecule has 18 heavy (non-hydrogen) atoms. The van der Waals surface area contributed by atoms with Gasteiger partial charge in [0.25, 0.3) is 0 Å². The predicted molar refractivity (Wildman–Crippen MR) is 76.5 cm³/mol. The number of nitrogens with zero attached hydrogens (tertiary/aromatic N) is 1. The standard InChI is InChI=1S/C16H20N2/c1-13(2)10-15-8-9-17-12-16(15)18-11-14-6-4-3-5-7-14/h3-9,12-13,18H,10-11H2,1-2H3. The van der Waals surface area contributed by atoms with Gasteiger partial charge in [0.15, 0.2) is 0 Å². The van der Waals surface area contributed by atoms with Crippen LogP contribution in [-0.2, 0) is 13.0 Å². The van der Waals surface area contributed by atoms with Gasteiger partial charge in [-0.3, -0.25) is 4.98 Å². The summed E-state index contributed by atoms with van der Waals surface area (Å²) < 4.78 is 0. The molecule has 1 heterocycles. The fraction of sp³-hybridized carbons (Fsp3) is 0.312. The van der Waals surface area contributed by atoms with E-state index >= 15 is 0 Å². The van der Waals surface area contributed by atoms with E-state index < -0.39 is 0 Å². The molecule has 0 aliphatic rings. The molecule has 0 saturated heterocycles. The van der Waals surface area contributed by atoms with Crippen molar-refractivity contribution in [3.63, 3.8) is 0 Å². The third-order valence-corrected chi connectivity index (χ3v) is 2.87. The van der Waals surface area contributed by atoms with Crippen LogP contribution in [0, 0.1) is 5.92 Å². The van der Waals surface area contributed by atoms with Crippen LogP contribution in [0.25, 0.3) is 0 Å². The molecule has 0 saturated carbocycles. The number of pyridine rings is 1. The lowest BCUT2D eigenvalue weighted by molar-refractivity contribution is 0.647. The van der Waals surface area contributed by atoms with Gasteiger partial charge in [0.2, 0.25) is 0 Å². The SMILES string of the molecule is CC(C)Cc1ccncc1NCc1ccccc1. The molecule has 0 amide bonds. The average Bonchev–Trinajstić information content (AvgIpc) is 2.38. The zero-order chi connectivity index (χ0) is 12.8. The van der Waals surface area contributed by atoms with E-state index in [2.05, 4.69) is 54.5 Å². The minimum Gasteiger partial charge on any atom is -0.379 e. The summed E-state index contributed by atoms with van der Waals surface area (Å²) in [5, 5.41) is 3.47. The van der Waals surface area contributed by atoms with Crippen LogP contribution in [-0.4, -0.2) is 4.98 Å². The summed E-state index contributed by atoms with van der Waals surface area (Å²) in [5.74, 6) is 0.657. The van der Waals surface area contributed by atoms with E-state index in [-0.39, 0.29) is 0 Å². The summed E-state index contributed by atoms with van der Waals surface area (Å²) >= 11 is 0. The zero-order valence-corrected chi connectivity index (χ0v) is 11.1. The summed E-state index contributed by atoms with van der Waals surface area (Å²) in [6.45, 7) is 5.32. The van der Waals surface area contributed by atoms with Crippen molar-refractivity contribution in [1.82, 2.24) is 4.98 Å². The minimum atomic E-state index is 0.657. The highest BCUT2D eigenvalue weighted by Crippen LogP contribution is 2.18. The lowest BCUT2D eigenvalue weighted by Gasteiger charge is -2.13. The van der Waals surface area contributed by atoms with Crippen molar-refractivity contribution in [2.45, 2.75) is 26.8 Å². The van der Waals surface area contributed by atoms with Crippen molar-refractivity contribution in [2.24, 2.45) is 5.92 Å². The summed E-state index contributed by atoms with van der Waals surface area (Å²) in [4.78, 5) is 4.20. The number of nitrogens with one attached hydrogen (secondary N) is 1. The number of hydrogen-bond acceptors (Lipinski definition) is 2. The number of anilines is 1. The Morgan fingerprint density at radius 3 is 2.61 bits per heavy atom. The zero-order valence-electron chi connectivity index (χ0n) is 11.1. The first kappa shape index (κ1) is 12.6. The van der Waals surface area contributed by atoms with Crippen molar-refractivity contribution >= 4 is 5.69 Å². The molecule has 0 fully saturated rings. The smallest absolute Gasteiger partial charge is 0.0562 e. The molecule has 1 aromatic heterocycles. The van der Waals surface area contributed by atoms with Gasteiger partial charge in [-0.25, -0.2) is 0 Å². The van der Waals surface area contributed by atoms with Gasteiger partial charge in [0.1, 0.15) is 0 Å². The number of aromatic nitrogens is 1. The Morgan fingerprint density at radius 2 is 1.89 bits per heavy atom. The monoisotopic (exact) mass is 240 g/mol. The van der Waals surface area contributed by atoms with Crippen LogP contribution in [0.4, 0.5) is 5.69 Å². The van der Waals surface area contributed by atoms with Gasteiger partial charge in [0.05, 0.1) is 11.9 Å². The molecule has 2 rings (SSSR count). The van der Waals surface area contributed by atoms with Crippen LogP contribution in [0.15, 0.2) is 48.8 Å². The first-order chi connectivity index (χ1) is 8.75. The largest absolute Gasteiger partial charge is 0.379 e. The molecule has 1 aromatic carbocycles. The highest BCUT2D eigenvalue weighted by atomic mass is 14.9.